The molecule has 0 radical (unpaired) electrons. The molecule has 1 rings (SSSR count). The van der Waals surface area contributed by atoms with Gasteiger partial charge in [0.25, 0.3) is 0 Å². The van der Waals surface area contributed by atoms with Crippen LogP contribution in [0.1, 0.15) is 11.1 Å². The van der Waals surface area contributed by atoms with E-state index in [2.05, 4.69) is 48.7 Å². The molecule has 0 N–H and O–H groups in total. The molecule has 126 valence electrons. The van der Waals surface area contributed by atoms with Crippen LogP contribution in [-0.4, -0.2) is 40.4 Å². The van der Waals surface area contributed by atoms with Crippen molar-refractivity contribution in [3.63, 3.8) is 0 Å². The standard InChI is InChI=1S/C8H10.2CH4N2O3S/c1-7-4-3-5-8(2)6-7;2*1-3(2-4)7(5)6/h3-6H,1-2H3;2*1H3,(H,5,6)/p-2. The first-order chi connectivity index (χ1) is 10.1. The molecule has 0 fully saturated rings. The smallest absolute Gasteiger partial charge is 0.0664 e. The number of benzene rings is 1. The number of hydrogen-bond acceptors (Lipinski definition) is 8. The van der Waals surface area contributed by atoms with Crippen LogP contribution in [0.4, 0.5) is 0 Å². The van der Waals surface area contributed by atoms with Gasteiger partial charge in [-0.25, -0.2) is 0 Å². The summed E-state index contributed by atoms with van der Waals surface area (Å²) in [6.07, 6.45) is 0. The van der Waals surface area contributed by atoms with Crippen molar-refractivity contribution in [3.05, 3.63) is 45.2 Å². The number of rotatable bonds is 4. The number of nitrogens with zero attached hydrogens (tertiary/aromatic N) is 4. The lowest BCUT2D eigenvalue weighted by Gasteiger charge is -2.08. The van der Waals surface area contributed by atoms with E-state index in [1.165, 1.54) is 11.1 Å². The van der Waals surface area contributed by atoms with Gasteiger partial charge in [0.1, 0.15) is 0 Å². The Bertz CT molecular complexity index is 475. The van der Waals surface area contributed by atoms with Gasteiger partial charge in [0.2, 0.25) is 0 Å². The molecule has 2 unspecified atom stereocenters. The fourth-order valence-electron chi connectivity index (χ4n) is 0.861. The van der Waals surface area contributed by atoms with Gasteiger partial charge in [0.05, 0.1) is 33.1 Å². The second-order valence-corrected chi connectivity index (χ2v) is 5.61. The maximum atomic E-state index is 9.56. The predicted octanol–water partition coefficient (Wildman–Crippen LogP) is 1.09. The summed E-state index contributed by atoms with van der Waals surface area (Å²) in [7, 11) is 2.08. The second kappa shape index (κ2) is 12.9. The summed E-state index contributed by atoms with van der Waals surface area (Å²) in [6, 6.07) is 8.45. The Morgan fingerprint density at radius 3 is 1.32 bits per heavy atom. The summed E-state index contributed by atoms with van der Waals surface area (Å²) in [5.41, 5.74) is 2.68. The lowest BCUT2D eigenvalue weighted by Crippen LogP contribution is -2.11. The maximum Gasteiger partial charge on any atom is 0.0664 e. The summed E-state index contributed by atoms with van der Waals surface area (Å²) in [5, 5.41) is 4.12. The molecule has 0 spiro atoms. The fraction of sp³-hybridized carbons (Fsp3) is 0.400. The monoisotopic (exact) mass is 352 g/mol. The van der Waals surface area contributed by atoms with E-state index >= 15 is 0 Å². The summed E-state index contributed by atoms with van der Waals surface area (Å²) in [5.74, 6) is 0. The van der Waals surface area contributed by atoms with Crippen molar-refractivity contribution in [2.24, 2.45) is 10.6 Å². The Kier molecular flexibility index (Phi) is 13.2. The van der Waals surface area contributed by atoms with Gasteiger partial charge < -0.3 is 9.11 Å². The molecule has 10 nitrogen and oxygen atoms in total. The van der Waals surface area contributed by atoms with Crippen molar-refractivity contribution >= 4 is 22.5 Å². The highest BCUT2D eigenvalue weighted by atomic mass is 32.2. The zero-order chi connectivity index (χ0) is 17.7. The van der Waals surface area contributed by atoms with Gasteiger partial charge in [0.15, 0.2) is 0 Å². The van der Waals surface area contributed by atoms with Crippen LogP contribution < -0.4 is 0 Å². The van der Waals surface area contributed by atoms with Crippen molar-refractivity contribution in [2.75, 3.05) is 14.1 Å². The highest BCUT2D eigenvalue weighted by molar-refractivity contribution is 7.76. The van der Waals surface area contributed by atoms with Crippen molar-refractivity contribution in [2.45, 2.75) is 13.8 Å². The maximum absolute atomic E-state index is 9.56. The minimum Gasteiger partial charge on any atom is -0.754 e. The zero-order valence-corrected chi connectivity index (χ0v) is 14.0. The van der Waals surface area contributed by atoms with Crippen LogP contribution in [0.15, 0.2) is 34.8 Å². The quantitative estimate of drug-likeness (QED) is 0.450. The van der Waals surface area contributed by atoms with E-state index in [0.29, 0.717) is 0 Å². The Hall–Kier alpha value is -1.76. The number of aryl methyl sites for hydroxylation is 2. The van der Waals surface area contributed by atoms with E-state index < -0.39 is 22.5 Å². The van der Waals surface area contributed by atoms with E-state index in [-0.39, 0.29) is 8.83 Å². The van der Waals surface area contributed by atoms with Gasteiger partial charge in [-0.2, -0.15) is 8.83 Å². The topological polar surface area (TPSA) is 146 Å². The Morgan fingerprint density at radius 1 is 0.909 bits per heavy atom. The Balaban J connectivity index is 0. The fourth-order valence-corrected chi connectivity index (χ4v) is 0.970. The van der Waals surface area contributed by atoms with Crippen molar-refractivity contribution in [1.82, 2.24) is 8.83 Å². The molecule has 0 aliphatic heterocycles. The van der Waals surface area contributed by atoms with E-state index in [9.17, 15) is 27.3 Å². The molecule has 0 amide bonds. The van der Waals surface area contributed by atoms with Crippen LogP contribution in [0.2, 0.25) is 0 Å². The average molecular weight is 352 g/mol. The third-order valence-corrected chi connectivity index (χ3v) is 2.83. The molecular weight excluding hydrogens is 336 g/mol. The molecule has 0 heterocycles. The highest BCUT2D eigenvalue weighted by Gasteiger charge is 1.87. The Labute approximate surface area is 133 Å². The molecule has 0 aliphatic carbocycles. The van der Waals surface area contributed by atoms with E-state index in [1.54, 1.807) is 0 Å². The van der Waals surface area contributed by atoms with Crippen LogP contribution >= 0.6 is 0 Å². The van der Waals surface area contributed by atoms with Gasteiger partial charge in [-0.1, -0.05) is 35.4 Å². The number of nitroso groups, excluding NO2 is 2. The molecule has 0 saturated heterocycles. The number of hydrogen-bond donors (Lipinski definition) is 0. The largest absolute Gasteiger partial charge is 0.754 e. The van der Waals surface area contributed by atoms with Crippen molar-refractivity contribution < 1.29 is 17.5 Å². The highest BCUT2D eigenvalue weighted by Crippen LogP contribution is 2.00. The molecule has 0 bridgehead atoms. The molecule has 12 heteroatoms. The molecule has 1 aromatic rings. The molecule has 1 aromatic carbocycles. The van der Waals surface area contributed by atoms with Gasteiger partial charge >= 0.3 is 0 Å². The average Bonchev–Trinajstić information content (AvgIpc) is 2.46. The molecule has 2 atom stereocenters. The third kappa shape index (κ3) is 13.2. The van der Waals surface area contributed by atoms with E-state index in [1.807, 2.05) is 0 Å². The van der Waals surface area contributed by atoms with Gasteiger partial charge in [-0.15, -0.1) is 9.81 Å². The Morgan fingerprint density at radius 2 is 1.23 bits per heavy atom. The molecule has 0 aromatic heterocycles. The SMILES string of the molecule is CN(N=O)S(=O)[O-].CN(N=O)S(=O)[O-].Cc1cccc(C)c1. The summed E-state index contributed by atoms with van der Waals surface area (Å²) in [4.78, 5) is 18.5. The van der Waals surface area contributed by atoms with E-state index in [0.717, 1.165) is 14.1 Å². The normalized spacial score (nSPS) is 11.5. The van der Waals surface area contributed by atoms with E-state index in [4.69, 9.17) is 0 Å². The van der Waals surface area contributed by atoms with Gasteiger partial charge in [-0.3, -0.25) is 8.42 Å². The first-order valence-electron chi connectivity index (χ1n) is 5.51. The minimum atomic E-state index is -2.51. The lowest BCUT2D eigenvalue weighted by atomic mass is 10.2. The third-order valence-electron chi connectivity index (χ3n) is 1.84. The summed E-state index contributed by atoms with van der Waals surface area (Å²) >= 11 is -5.01. The van der Waals surface area contributed by atoms with Crippen LogP contribution in [0.5, 0.6) is 0 Å². The van der Waals surface area contributed by atoms with Crippen molar-refractivity contribution in [3.8, 4) is 0 Å². The van der Waals surface area contributed by atoms with Crippen LogP contribution in [0.25, 0.3) is 0 Å². The first-order valence-corrected chi connectivity index (χ1v) is 7.58. The summed E-state index contributed by atoms with van der Waals surface area (Å²) < 4.78 is 38.8. The lowest BCUT2D eigenvalue weighted by molar-refractivity contribution is 0.444. The van der Waals surface area contributed by atoms with Gasteiger partial charge in [-0.05, 0) is 13.8 Å². The molecule has 0 saturated carbocycles. The summed E-state index contributed by atoms with van der Waals surface area (Å²) in [6.45, 7) is 4.21. The van der Waals surface area contributed by atoms with Crippen LogP contribution in [-0.2, 0) is 22.5 Å². The van der Waals surface area contributed by atoms with Crippen molar-refractivity contribution in [1.29, 1.82) is 0 Å². The van der Waals surface area contributed by atoms with Crippen LogP contribution in [0.3, 0.4) is 0 Å². The van der Waals surface area contributed by atoms with Gasteiger partial charge in [0, 0.05) is 14.1 Å². The molecular formula is C10H16N4O6S2-2. The van der Waals surface area contributed by atoms with Crippen LogP contribution in [0, 0.1) is 23.7 Å². The zero-order valence-electron chi connectivity index (χ0n) is 12.4. The predicted molar refractivity (Wildman–Crippen MR) is 80.9 cm³/mol. The second-order valence-electron chi connectivity index (χ2n) is 3.68. The molecule has 22 heavy (non-hydrogen) atoms. The molecule has 0 aliphatic rings. The minimum absolute atomic E-state index is 0.278. The first kappa shape index (κ1) is 22.5.